The first-order valence-electron chi connectivity index (χ1n) is 7.27. The van der Waals surface area contributed by atoms with Crippen molar-refractivity contribution in [3.05, 3.63) is 29.6 Å². The van der Waals surface area contributed by atoms with E-state index in [2.05, 4.69) is 31.0 Å². The highest BCUT2D eigenvalue weighted by molar-refractivity contribution is 5.55. The summed E-state index contributed by atoms with van der Waals surface area (Å²) in [5.74, 6) is -0.169. The van der Waals surface area contributed by atoms with Crippen molar-refractivity contribution in [3.8, 4) is 0 Å². The van der Waals surface area contributed by atoms with E-state index in [1.54, 1.807) is 13.2 Å². The third kappa shape index (κ3) is 4.46. The SMILES string of the molecule is CCN(c1c(F)cccc1CNC(C)C)C(C)COC. The maximum atomic E-state index is 14.3. The van der Waals surface area contributed by atoms with Gasteiger partial charge in [0.1, 0.15) is 5.82 Å². The van der Waals surface area contributed by atoms with Crippen molar-refractivity contribution < 1.29 is 9.13 Å². The van der Waals surface area contributed by atoms with Crippen LogP contribution in [0.2, 0.25) is 0 Å². The molecule has 1 atom stereocenters. The number of benzene rings is 1. The number of ether oxygens (including phenoxy) is 1. The van der Waals surface area contributed by atoms with Gasteiger partial charge in [-0.2, -0.15) is 0 Å². The number of para-hydroxylation sites is 1. The summed E-state index contributed by atoms with van der Waals surface area (Å²) >= 11 is 0. The Morgan fingerprint density at radius 3 is 2.55 bits per heavy atom. The molecule has 0 amide bonds. The highest BCUT2D eigenvalue weighted by atomic mass is 19.1. The fourth-order valence-corrected chi connectivity index (χ4v) is 2.36. The molecule has 20 heavy (non-hydrogen) atoms. The molecule has 4 heteroatoms. The number of methoxy groups -OCH3 is 1. The number of nitrogens with one attached hydrogen (secondary N) is 1. The first-order chi connectivity index (χ1) is 9.51. The number of halogens is 1. The van der Waals surface area contributed by atoms with Crippen molar-refractivity contribution in [1.29, 1.82) is 0 Å². The van der Waals surface area contributed by atoms with Gasteiger partial charge in [0.2, 0.25) is 0 Å². The molecule has 0 aliphatic heterocycles. The van der Waals surface area contributed by atoms with Gasteiger partial charge in [-0.15, -0.1) is 0 Å². The Hall–Kier alpha value is -1.13. The van der Waals surface area contributed by atoms with Crippen LogP contribution in [0.5, 0.6) is 0 Å². The Labute approximate surface area is 122 Å². The Bertz CT molecular complexity index is 409. The largest absolute Gasteiger partial charge is 0.383 e. The number of anilines is 1. The molecule has 3 nitrogen and oxygen atoms in total. The topological polar surface area (TPSA) is 24.5 Å². The molecule has 0 saturated heterocycles. The first-order valence-corrected chi connectivity index (χ1v) is 7.27. The van der Waals surface area contributed by atoms with Gasteiger partial charge < -0.3 is 15.0 Å². The van der Waals surface area contributed by atoms with Crippen molar-refractivity contribution in [1.82, 2.24) is 5.32 Å². The van der Waals surface area contributed by atoms with Crippen LogP contribution < -0.4 is 10.2 Å². The monoisotopic (exact) mass is 282 g/mol. The molecular weight excluding hydrogens is 255 g/mol. The Morgan fingerprint density at radius 1 is 1.30 bits per heavy atom. The Kier molecular flexibility index (Phi) is 6.96. The lowest BCUT2D eigenvalue weighted by Gasteiger charge is -2.32. The lowest BCUT2D eigenvalue weighted by Crippen LogP contribution is -2.38. The zero-order valence-electron chi connectivity index (χ0n) is 13.2. The molecule has 0 bridgehead atoms. The van der Waals surface area contributed by atoms with E-state index in [1.165, 1.54) is 6.07 Å². The minimum atomic E-state index is -0.169. The summed E-state index contributed by atoms with van der Waals surface area (Å²) in [7, 11) is 1.67. The summed E-state index contributed by atoms with van der Waals surface area (Å²) in [4.78, 5) is 2.07. The van der Waals surface area contributed by atoms with Gasteiger partial charge in [-0.05, 0) is 25.5 Å². The zero-order valence-corrected chi connectivity index (χ0v) is 13.2. The van der Waals surface area contributed by atoms with Crippen molar-refractivity contribution in [2.24, 2.45) is 0 Å². The molecule has 1 N–H and O–H groups in total. The fourth-order valence-electron chi connectivity index (χ4n) is 2.36. The quantitative estimate of drug-likeness (QED) is 0.792. The average molecular weight is 282 g/mol. The lowest BCUT2D eigenvalue weighted by molar-refractivity contribution is 0.181. The van der Waals surface area contributed by atoms with Crippen LogP contribution in [0.4, 0.5) is 10.1 Å². The molecule has 0 fully saturated rings. The van der Waals surface area contributed by atoms with Gasteiger partial charge in [-0.1, -0.05) is 26.0 Å². The molecule has 0 aliphatic rings. The Morgan fingerprint density at radius 2 is 2.00 bits per heavy atom. The van der Waals surface area contributed by atoms with E-state index < -0.39 is 0 Å². The van der Waals surface area contributed by atoms with Gasteiger partial charge in [-0.25, -0.2) is 4.39 Å². The second-order valence-corrected chi connectivity index (χ2v) is 5.37. The second-order valence-electron chi connectivity index (χ2n) is 5.37. The van der Waals surface area contributed by atoms with E-state index in [9.17, 15) is 4.39 Å². The summed E-state index contributed by atoms with van der Waals surface area (Å²) in [5.41, 5.74) is 1.68. The second kappa shape index (κ2) is 8.22. The summed E-state index contributed by atoms with van der Waals surface area (Å²) in [6, 6.07) is 5.79. The molecule has 0 spiro atoms. The van der Waals surface area contributed by atoms with Crippen LogP contribution >= 0.6 is 0 Å². The van der Waals surface area contributed by atoms with Crippen molar-refractivity contribution in [2.45, 2.75) is 46.3 Å². The van der Waals surface area contributed by atoms with Gasteiger partial charge >= 0.3 is 0 Å². The molecule has 1 aromatic rings. The third-order valence-corrected chi connectivity index (χ3v) is 3.34. The zero-order chi connectivity index (χ0) is 15.1. The minimum absolute atomic E-state index is 0.139. The van der Waals surface area contributed by atoms with Crippen LogP contribution in [0.15, 0.2) is 18.2 Å². The number of hydrogen-bond donors (Lipinski definition) is 1. The van der Waals surface area contributed by atoms with Crippen LogP contribution in [-0.2, 0) is 11.3 Å². The lowest BCUT2D eigenvalue weighted by atomic mass is 10.1. The maximum Gasteiger partial charge on any atom is 0.146 e. The van der Waals surface area contributed by atoms with Gasteiger partial charge in [0.05, 0.1) is 12.3 Å². The van der Waals surface area contributed by atoms with Crippen molar-refractivity contribution in [3.63, 3.8) is 0 Å². The highest BCUT2D eigenvalue weighted by Gasteiger charge is 2.19. The summed E-state index contributed by atoms with van der Waals surface area (Å²) in [6.45, 7) is 10.3. The summed E-state index contributed by atoms with van der Waals surface area (Å²) in [6.07, 6.45) is 0. The number of hydrogen-bond acceptors (Lipinski definition) is 3. The van der Waals surface area contributed by atoms with Gasteiger partial charge in [0.15, 0.2) is 0 Å². The van der Waals surface area contributed by atoms with Gasteiger partial charge in [0, 0.05) is 32.3 Å². The number of rotatable bonds is 8. The molecule has 0 radical (unpaired) electrons. The third-order valence-electron chi connectivity index (χ3n) is 3.34. The van der Waals surface area contributed by atoms with Crippen molar-refractivity contribution >= 4 is 5.69 Å². The molecule has 1 unspecified atom stereocenters. The molecule has 114 valence electrons. The standard InChI is InChI=1S/C16H27FN2O/c1-6-19(13(4)11-20-5)16-14(10-18-12(2)3)8-7-9-15(16)17/h7-9,12-13,18H,6,10-11H2,1-5H3. The summed E-state index contributed by atoms with van der Waals surface area (Å²) < 4.78 is 19.5. The van der Waals surface area contributed by atoms with Crippen molar-refractivity contribution in [2.75, 3.05) is 25.2 Å². The molecule has 0 heterocycles. The Balaban J connectivity index is 3.05. The van der Waals surface area contributed by atoms with E-state index in [0.717, 1.165) is 12.1 Å². The first kappa shape index (κ1) is 16.9. The maximum absolute atomic E-state index is 14.3. The van der Waals surface area contributed by atoms with Gasteiger partial charge in [-0.3, -0.25) is 0 Å². The molecule has 0 aliphatic carbocycles. The van der Waals surface area contributed by atoms with Crippen LogP contribution in [0.3, 0.4) is 0 Å². The highest BCUT2D eigenvalue weighted by Crippen LogP contribution is 2.26. The van der Waals surface area contributed by atoms with Gasteiger partial charge in [0.25, 0.3) is 0 Å². The number of likely N-dealkylation sites (N-methyl/N-ethyl adjacent to an activating group) is 1. The van der Waals surface area contributed by atoms with E-state index >= 15 is 0 Å². The minimum Gasteiger partial charge on any atom is -0.383 e. The van der Waals surface area contributed by atoms with E-state index in [-0.39, 0.29) is 11.9 Å². The van der Waals surface area contributed by atoms with Crippen LogP contribution in [0, 0.1) is 5.82 Å². The van der Waals surface area contributed by atoms with Crippen LogP contribution in [0.1, 0.15) is 33.3 Å². The van der Waals surface area contributed by atoms with E-state index in [0.29, 0.717) is 24.9 Å². The average Bonchev–Trinajstić information content (AvgIpc) is 2.39. The molecule has 1 aromatic carbocycles. The smallest absolute Gasteiger partial charge is 0.146 e. The molecule has 1 rings (SSSR count). The molecular formula is C16H27FN2O. The van der Waals surface area contributed by atoms with E-state index in [4.69, 9.17) is 4.74 Å². The molecule has 0 saturated carbocycles. The van der Waals surface area contributed by atoms with Crippen LogP contribution in [-0.4, -0.2) is 32.3 Å². The molecule has 0 aromatic heterocycles. The van der Waals surface area contributed by atoms with Crippen LogP contribution in [0.25, 0.3) is 0 Å². The normalized spacial score (nSPS) is 12.8. The predicted molar refractivity (Wildman–Crippen MR) is 82.7 cm³/mol. The number of nitrogens with zero attached hydrogens (tertiary/aromatic N) is 1. The predicted octanol–water partition coefficient (Wildman–Crippen LogP) is 3.18. The van der Waals surface area contributed by atoms with E-state index in [1.807, 2.05) is 13.0 Å². The summed E-state index contributed by atoms with van der Waals surface area (Å²) in [5, 5.41) is 3.35. The fraction of sp³-hybridized carbons (Fsp3) is 0.625.